The Morgan fingerprint density at radius 1 is 1.03 bits per heavy atom. The van der Waals surface area contributed by atoms with Crippen molar-refractivity contribution in [1.82, 2.24) is 9.88 Å². The van der Waals surface area contributed by atoms with Crippen LogP contribution in [0.25, 0.3) is 16.3 Å². The lowest BCUT2D eigenvalue weighted by Gasteiger charge is -2.38. The van der Waals surface area contributed by atoms with Crippen LogP contribution in [-0.4, -0.2) is 42.1 Å². The van der Waals surface area contributed by atoms with Crippen LogP contribution < -0.4 is 16.2 Å². The first-order valence-corrected chi connectivity index (χ1v) is 10.7. The second-order valence-corrected chi connectivity index (χ2v) is 8.30. The third-order valence-corrected chi connectivity index (χ3v) is 6.52. The molecule has 0 bridgehead atoms. The summed E-state index contributed by atoms with van der Waals surface area (Å²) in [6.07, 6.45) is 4.33. The second kappa shape index (κ2) is 7.93. The molecular weight excluding hydrogens is 386 g/mol. The molecule has 1 saturated heterocycles. The summed E-state index contributed by atoms with van der Waals surface area (Å²) in [6.45, 7) is 3.93. The van der Waals surface area contributed by atoms with Crippen LogP contribution >= 0.6 is 0 Å². The Kier molecular flexibility index (Phi) is 4.97. The molecule has 3 aromatic rings. The molecule has 2 aromatic carbocycles. The van der Waals surface area contributed by atoms with E-state index in [1.165, 1.54) is 11.3 Å². The van der Waals surface area contributed by atoms with E-state index in [-0.39, 0.29) is 5.56 Å². The molecule has 156 valence electrons. The molecule has 6 heteroatoms. The molecule has 0 radical (unpaired) electrons. The van der Waals surface area contributed by atoms with Crippen molar-refractivity contribution in [2.24, 2.45) is 0 Å². The number of anilines is 2. The number of benzene rings is 2. The van der Waals surface area contributed by atoms with E-state index in [4.69, 9.17) is 11.0 Å². The maximum Gasteiger partial charge on any atom is 0.256 e. The third-order valence-electron chi connectivity index (χ3n) is 6.52. The Balaban J connectivity index is 1.30. The van der Waals surface area contributed by atoms with E-state index >= 15 is 0 Å². The van der Waals surface area contributed by atoms with Crippen molar-refractivity contribution in [1.29, 1.82) is 5.26 Å². The molecule has 1 fully saturated rings. The van der Waals surface area contributed by atoms with Crippen LogP contribution in [0.3, 0.4) is 0 Å². The molecule has 1 aliphatic heterocycles. The van der Waals surface area contributed by atoms with E-state index in [1.54, 1.807) is 0 Å². The molecule has 2 heterocycles. The second-order valence-electron chi connectivity index (χ2n) is 8.30. The minimum absolute atomic E-state index is 0.0832. The van der Waals surface area contributed by atoms with Crippen molar-refractivity contribution in [3.63, 3.8) is 0 Å². The summed E-state index contributed by atoms with van der Waals surface area (Å²) < 4.78 is 0. The zero-order valence-corrected chi connectivity index (χ0v) is 17.3. The molecule has 3 N–H and O–H groups in total. The number of nitrogens with zero attached hydrogens (tertiary/aromatic N) is 3. The molecule has 31 heavy (non-hydrogen) atoms. The van der Waals surface area contributed by atoms with Gasteiger partial charge in [0.2, 0.25) is 0 Å². The summed E-state index contributed by atoms with van der Waals surface area (Å²) in [4.78, 5) is 20.5. The van der Waals surface area contributed by atoms with Crippen LogP contribution in [0.2, 0.25) is 0 Å². The number of nitrogens with one attached hydrogen (secondary N) is 1. The van der Waals surface area contributed by atoms with Gasteiger partial charge < -0.3 is 15.6 Å². The minimum atomic E-state index is -0.0832. The van der Waals surface area contributed by atoms with E-state index in [0.717, 1.165) is 50.1 Å². The predicted octanol–water partition coefficient (Wildman–Crippen LogP) is 3.35. The number of piperazine rings is 1. The fraction of sp³-hybridized carbons (Fsp3) is 0.280. The molecule has 0 spiro atoms. The van der Waals surface area contributed by atoms with Crippen molar-refractivity contribution >= 4 is 27.7 Å². The van der Waals surface area contributed by atoms with Gasteiger partial charge in [-0.25, -0.2) is 0 Å². The summed E-state index contributed by atoms with van der Waals surface area (Å²) in [6, 6.07) is 17.9. The van der Waals surface area contributed by atoms with E-state index in [0.29, 0.717) is 22.7 Å². The van der Waals surface area contributed by atoms with Crippen molar-refractivity contribution in [3.8, 4) is 6.07 Å². The number of pyridine rings is 1. The lowest BCUT2D eigenvalue weighted by Crippen LogP contribution is -2.49. The summed E-state index contributed by atoms with van der Waals surface area (Å²) in [5.41, 5.74) is 10.6. The normalized spacial score (nSPS) is 19.4. The topological polar surface area (TPSA) is 89.2 Å². The van der Waals surface area contributed by atoms with Gasteiger partial charge in [-0.15, -0.1) is 0 Å². The first kappa shape index (κ1) is 19.4. The molecule has 1 aliphatic carbocycles. The molecule has 6 nitrogen and oxygen atoms in total. The largest absolute Gasteiger partial charge is 0.398 e. The monoisotopic (exact) mass is 411 g/mol. The fourth-order valence-corrected chi connectivity index (χ4v) is 4.76. The number of hydrogen-bond donors (Lipinski definition) is 2. The number of rotatable bonds is 3. The number of fused-ring (bicyclic) bond motifs is 1. The number of nitrogen functional groups attached to an aromatic ring is 1. The molecule has 0 amide bonds. The van der Waals surface area contributed by atoms with Gasteiger partial charge in [-0.2, -0.15) is 5.26 Å². The van der Waals surface area contributed by atoms with Crippen molar-refractivity contribution < 1.29 is 0 Å². The highest BCUT2D eigenvalue weighted by Gasteiger charge is 2.27. The van der Waals surface area contributed by atoms with Crippen molar-refractivity contribution in [3.05, 3.63) is 76.2 Å². The zero-order chi connectivity index (χ0) is 21.4. The summed E-state index contributed by atoms with van der Waals surface area (Å²) >= 11 is 0. The molecule has 2 aliphatic rings. The third kappa shape index (κ3) is 3.69. The maximum absolute atomic E-state index is 12.5. The highest BCUT2D eigenvalue weighted by molar-refractivity contribution is 5.93. The Bertz CT molecular complexity index is 1240. The highest BCUT2D eigenvalue weighted by Crippen LogP contribution is 2.32. The van der Waals surface area contributed by atoms with Gasteiger partial charge in [0, 0.05) is 60.1 Å². The lowest BCUT2D eigenvalue weighted by atomic mass is 10.1. The van der Waals surface area contributed by atoms with Gasteiger partial charge in [0.25, 0.3) is 5.56 Å². The summed E-state index contributed by atoms with van der Waals surface area (Å²) in [5, 5.41) is 10.4. The molecule has 0 saturated carbocycles. The number of nitrogens with two attached hydrogens (primary N) is 1. The predicted molar refractivity (Wildman–Crippen MR) is 125 cm³/mol. The quantitative estimate of drug-likeness (QED) is 0.645. The number of nitriles is 1. The van der Waals surface area contributed by atoms with Gasteiger partial charge >= 0.3 is 0 Å². The van der Waals surface area contributed by atoms with E-state index in [9.17, 15) is 4.79 Å². The lowest BCUT2D eigenvalue weighted by molar-refractivity contribution is 0.214. The summed E-state index contributed by atoms with van der Waals surface area (Å²) in [5.74, 6) is 0. The molecule has 1 atom stereocenters. The SMILES string of the molecule is N#Cc1ccc(N2CCN([C@@H]3C=C(c4cc5c(N)cccc5c(=O)[nH]4)CC3)CC2)cc1. The Labute approximate surface area is 181 Å². The van der Waals surface area contributed by atoms with Crippen LogP contribution in [-0.2, 0) is 0 Å². The Morgan fingerprint density at radius 2 is 1.81 bits per heavy atom. The van der Waals surface area contributed by atoms with Crippen LogP contribution in [0, 0.1) is 11.3 Å². The van der Waals surface area contributed by atoms with E-state index in [1.807, 2.05) is 48.5 Å². The number of aromatic nitrogens is 1. The summed E-state index contributed by atoms with van der Waals surface area (Å²) in [7, 11) is 0. The Morgan fingerprint density at radius 3 is 2.55 bits per heavy atom. The molecule has 1 aromatic heterocycles. The molecule has 0 unspecified atom stereocenters. The maximum atomic E-state index is 12.5. The zero-order valence-electron chi connectivity index (χ0n) is 17.3. The number of H-pyrrole nitrogens is 1. The highest BCUT2D eigenvalue weighted by atomic mass is 16.1. The van der Waals surface area contributed by atoms with Gasteiger partial charge in [0.1, 0.15) is 0 Å². The van der Waals surface area contributed by atoms with Gasteiger partial charge in [-0.3, -0.25) is 9.69 Å². The Hall–Kier alpha value is -3.56. The fourth-order valence-electron chi connectivity index (χ4n) is 4.76. The molecule has 5 rings (SSSR count). The first-order valence-electron chi connectivity index (χ1n) is 10.7. The van der Waals surface area contributed by atoms with Crippen LogP contribution in [0.1, 0.15) is 24.1 Å². The number of allylic oxidation sites excluding steroid dienone is 1. The first-order chi connectivity index (χ1) is 15.1. The number of hydrogen-bond acceptors (Lipinski definition) is 5. The van der Waals surface area contributed by atoms with Gasteiger partial charge in [-0.1, -0.05) is 12.1 Å². The smallest absolute Gasteiger partial charge is 0.256 e. The minimum Gasteiger partial charge on any atom is -0.398 e. The van der Waals surface area contributed by atoms with Gasteiger partial charge in [0.05, 0.1) is 11.6 Å². The molecular formula is C25H25N5O. The average molecular weight is 412 g/mol. The van der Waals surface area contributed by atoms with Crippen molar-refractivity contribution in [2.45, 2.75) is 18.9 Å². The van der Waals surface area contributed by atoms with Gasteiger partial charge in [0.15, 0.2) is 0 Å². The van der Waals surface area contributed by atoms with Crippen molar-refractivity contribution in [2.75, 3.05) is 36.8 Å². The van der Waals surface area contributed by atoms with E-state index < -0.39 is 0 Å². The average Bonchev–Trinajstić information content (AvgIpc) is 3.30. The van der Waals surface area contributed by atoms with Crippen LogP contribution in [0.15, 0.2) is 59.4 Å². The number of aromatic amines is 1. The van der Waals surface area contributed by atoms with E-state index in [2.05, 4.69) is 26.9 Å². The van der Waals surface area contributed by atoms with Crippen LogP contribution in [0.5, 0.6) is 0 Å². The van der Waals surface area contributed by atoms with Gasteiger partial charge in [-0.05, 0) is 60.9 Å². The van der Waals surface area contributed by atoms with Crippen LogP contribution in [0.4, 0.5) is 11.4 Å². The standard InChI is InChI=1S/C25H25N5O/c26-16-17-4-7-19(8-5-17)29-10-12-30(13-11-29)20-9-6-18(14-20)24-15-22-21(25(31)28-24)2-1-3-23(22)27/h1-5,7-8,14-15,20H,6,9-13,27H2,(H,28,31)/t20-/m0/s1.